The Bertz CT molecular complexity index is 300. The van der Waals surface area contributed by atoms with E-state index < -0.39 is 10.0 Å². The molecular formula is C11H24N2O3S. The highest BCUT2D eigenvalue weighted by Gasteiger charge is 2.25. The molecule has 1 atom stereocenters. The topological polar surface area (TPSA) is 72.6 Å². The third-order valence-electron chi connectivity index (χ3n) is 3.03. The number of ether oxygens (including phenoxy) is 1. The zero-order valence-electron chi connectivity index (χ0n) is 10.6. The van der Waals surface area contributed by atoms with Gasteiger partial charge in [-0.3, -0.25) is 0 Å². The van der Waals surface area contributed by atoms with Crippen molar-refractivity contribution in [3.05, 3.63) is 0 Å². The molecule has 1 saturated heterocycles. The SMILES string of the molecule is CCN(CC1CCCO1)S(=O)(=O)CCCCN. The summed E-state index contributed by atoms with van der Waals surface area (Å²) >= 11 is 0. The molecule has 0 saturated carbocycles. The summed E-state index contributed by atoms with van der Waals surface area (Å²) in [6, 6.07) is 0. The zero-order valence-corrected chi connectivity index (χ0v) is 11.4. The highest BCUT2D eigenvalue weighted by Crippen LogP contribution is 2.15. The molecule has 0 bridgehead atoms. The summed E-state index contributed by atoms with van der Waals surface area (Å²) in [4.78, 5) is 0. The van der Waals surface area contributed by atoms with Crippen LogP contribution in [0.3, 0.4) is 0 Å². The second-order valence-electron chi connectivity index (χ2n) is 4.40. The molecule has 0 aromatic carbocycles. The first kappa shape index (κ1) is 14.9. The van der Waals surface area contributed by atoms with Gasteiger partial charge in [-0.2, -0.15) is 4.31 Å². The van der Waals surface area contributed by atoms with Gasteiger partial charge in [-0.25, -0.2) is 8.42 Å². The van der Waals surface area contributed by atoms with E-state index in [2.05, 4.69) is 0 Å². The number of nitrogens with zero attached hydrogens (tertiary/aromatic N) is 1. The first-order chi connectivity index (χ1) is 8.10. The average molecular weight is 264 g/mol. The van der Waals surface area contributed by atoms with Crippen LogP contribution in [0.5, 0.6) is 0 Å². The lowest BCUT2D eigenvalue weighted by atomic mass is 10.2. The third kappa shape index (κ3) is 4.91. The van der Waals surface area contributed by atoms with Crippen LogP contribution < -0.4 is 5.73 Å². The molecule has 0 radical (unpaired) electrons. The zero-order chi connectivity index (χ0) is 12.7. The molecule has 1 fully saturated rings. The maximum atomic E-state index is 12.1. The predicted octanol–water partition coefficient (Wildman–Crippen LogP) is 0.556. The molecule has 1 rings (SSSR count). The molecule has 1 heterocycles. The molecule has 2 N–H and O–H groups in total. The maximum Gasteiger partial charge on any atom is 0.214 e. The molecule has 17 heavy (non-hydrogen) atoms. The fourth-order valence-electron chi connectivity index (χ4n) is 2.01. The minimum absolute atomic E-state index is 0.0826. The molecule has 1 aliphatic rings. The van der Waals surface area contributed by atoms with Crippen molar-refractivity contribution in [2.75, 3.05) is 32.0 Å². The van der Waals surface area contributed by atoms with Crippen molar-refractivity contribution >= 4 is 10.0 Å². The van der Waals surface area contributed by atoms with Gasteiger partial charge >= 0.3 is 0 Å². The summed E-state index contributed by atoms with van der Waals surface area (Å²) in [6.07, 6.45) is 3.49. The van der Waals surface area contributed by atoms with Crippen molar-refractivity contribution in [3.8, 4) is 0 Å². The second kappa shape index (κ2) is 7.31. The minimum atomic E-state index is -3.13. The molecular weight excluding hydrogens is 240 g/mol. The summed E-state index contributed by atoms with van der Waals surface area (Å²) in [5.74, 6) is 0.199. The van der Waals surface area contributed by atoms with Crippen molar-refractivity contribution < 1.29 is 13.2 Å². The molecule has 6 heteroatoms. The fraction of sp³-hybridized carbons (Fsp3) is 1.00. The first-order valence-electron chi connectivity index (χ1n) is 6.39. The average Bonchev–Trinajstić information content (AvgIpc) is 2.78. The quantitative estimate of drug-likeness (QED) is 0.650. The van der Waals surface area contributed by atoms with Gasteiger partial charge in [-0.1, -0.05) is 6.92 Å². The number of unbranched alkanes of at least 4 members (excludes halogenated alkanes) is 1. The molecule has 5 nitrogen and oxygen atoms in total. The molecule has 0 spiro atoms. The van der Waals surface area contributed by atoms with E-state index in [1.807, 2.05) is 6.92 Å². The number of hydrogen-bond donors (Lipinski definition) is 1. The van der Waals surface area contributed by atoms with Gasteiger partial charge in [0.05, 0.1) is 11.9 Å². The number of likely N-dealkylation sites (N-methyl/N-ethyl adjacent to an activating group) is 1. The van der Waals surface area contributed by atoms with Crippen molar-refractivity contribution in [3.63, 3.8) is 0 Å². The summed E-state index contributed by atoms with van der Waals surface area (Å²) in [5, 5.41) is 0. The van der Waals surface area contributed by atoms with Crippen LogP contribution in [-0.2, 0) is 14.8 Å². The molecule has 102 valence electrons. The van der Waals surface area contributed by atoms with Crippen LogP contribution in [0.2, 0.25) is 0 Å². The van der Waals surface area contributed by atoms with Crippen molar-refractivity contribution in [1.29, 1.82) is 0 Å². The first-order valence-corrected chi connectivity index (χ1v) is 8.00. The standard InChI is InChI=1S/C11H24N2O3S/c1-2-13(10-11-6-5-8-16-11)17(14,15)9-4-3-7-12/h11H,2-10,12H2,1H3. The van der Waals surface area contributed by atoms with E-state index in [0.717, 1.165) is 25.9 Å². The number of sulfonamides is 1. The van der Waals surface area contributed by atoms with Gasteiger partial charge in [0, 0.05) is 19.7 Å². The van der Waals surface area contributed by atoms with Gasteiger partial charge in [-0.05, 0) is 32.2 Å². The predicted molar refractivity (Wildman–Crippen MR) is 68.3 cm³/mol. The van der Waals surface area contributed by atoms with Crippen LogP contribution in [-0.4, -0.2) is 50.8 Å². The number of hydrogen-bond acceptors (Lipinski definition) is 4. The van der Waals surface area contributed by atoms with E-state index in [4.69, 9.17) is 10.5 Å². The molecule has 1 aliphatic heterocycles. The fourth-order valence-corrected chi connectivity index (χ4v) is 3.63. The van der Waals surface area contributed by atoms with Gasteiger partial charge in [-0.15, -0.1) is 0 Å². The number of nitrogens with two attached hydrogens (primary N) is 1. The van der Waals surface area contributed by atoms with Crippen molar-refractivity contribution in [2.24, 2.45) is 5.73 Å². The Morgan fingerprint density at radius 3 is 2.71 bits per heavy atom. The monoisotopic (exact) mass is 264 g/mol. The van der Waals surface area contributed by atoms with E-state index in [-0.39, 0.29) is 11.9 Å². The molecule has 0 aliphatic carbocycles. The lowest BCUT2D eigenvalue weighted by Crippen LogP contribution is -2.38. The van der Waals surface area contributed by atoms with Crippen LogP contribution in [0.15, 0.2) is 0 Å². The van der Waals surface area contributed by atoms with Gasteiger partial charge in [0.1, 0.15) is 0 Å². The second-order valence-corrected chi connectivity index (χ2v) is 6.49. The lowest BCUT2D eigenvalue weighted by Gasteiger charge is -2.23. The minimum Gasteiger partial charge on any atom is -0.377 e. The van der Waals surface area contributed by atoms with Gasteiger partial charge < -0.3 is 10.5 Å². The van der Waals surface area contributed by atoms with Crippen LogP contribution in [0, 0.1) is 0 Å². The summed E-state index contributed by atoms with van der Waals surface area (Å²) in [6.45, 7) is 4.20. The Balaban J connectivity index is 2.46. The Morgan fingerprint density at radius 1 is 1.41 bits per heavy atom. The smallest absolute Gasteiger partial charge is 0.214 e. The van der Waals surface area contributed by atoms with Gasteiger partial charge in [0.25, 0.3) is 0 Å². The summed E-state index contributed by atoms with van der Waals surface area (Å²) in [7, 11) is -3.13. The van der Waals surface area contributed by atoms with Crippen molar-refractivity contribution in [1.82, 2.24) is 4.31 Å². The highest BCUT2D eigenvalue weighted by atomic mass is 32.2. The maximum absolute atomic E-state index is 12.1. The van der Waals surface area contributed by atoms with Crippen LogP contribution in [0.25, 0.3) is 0 Å². The Kier molecular flexibility index (Phi) is 6.40. The summed E-state index contributed by atoms with van der Waals surface area (Å²) < 4.78 is 31.1. The largest absolute Gasteiger partial charge is 0.377 e. The van der Waals surface area contributed by atoms with E-state index in [9.17, 15) is 8.42 Å². The summed E-state index contributed by atoms with van der Waals surface area (Å²) in [5.41, 5.74) is 5.37. The van der Waals surface area contributed by atoms with E-state index in [1.54, 1.807) is 4.31 Å². The Labute approximate surface area is 104 Å². The Hall–Kier alpha value is -0.170. The van der Waals surface area contributed by atoms with Crippen LogP contribution in [0.4, 0.5) is 0 Å². The van der Waals surface area contributed by atoms with Crippen LogP contribution in [0.1, 0.15) is 32.6 Å². The van der Waals surface area contributed by atoms with Crippen LogP contribution >= 0.6 is 0 Å². The van der Waals surface area contributed by atoms with Crippen molar-refractivity contribution in [2.45, 2.75) is 38.7 Å². The third-order valence-corrected chi connectivity index (χ3v) is 5.03. The normalized spacial score (nSPS) is 21.2. The van der Waals surface area contributed by atoms with Gasteiger partial charge in [0.2, 0.25) is 10.0 Å². The van der Waals surface area contributed by atoms with E-state index in [1.165, 1.54) is 0 Å². The Morgan fingerprint density at radius 2 is 2.18 bits per heavy atom. The van der Waals surface area contributed by atoms with E-state index in [0.29, 0.717) is 26.1 Å². The molecule has 0 aromatic rings. The highest BCUT2D eigenvalue weighted by molar-refractivity contribution is 7.89. The van der Waals surface area contributed by atoms with E-state index >= 15 is 0 Å². The molecule has 1 unspecified atom stereocenters. The lowest BCUT2D eigenvalue weighted by molar-refractivity contribution is 0.0947. The molecule has 0 aromatic heterocycles. The molecule has 0 amide bonds. The van der Waals surface area contributed by atoms with Gasteiger partial charge in [0.15, 0.2) is 0 Å². The number of rotatable bonds is 8.